The Balaban J connectivity index is 1.67. The molecule has 2 heterocycles. The maximum atomic E-state index is 13.6. The zero-order valence-electron chi connectivity index (χ0n) is 18.1. The van der Waals surface area contributed by atoms with Gasteiger partial charge in [-0.05, 0) is 48.4 Å². The van der Waals surface area contributed by atoms with Gasteiger partial charge in [-0.2, -0.15) is 13.2 Å². The van der Waals surface area contributed by atoms with Crippen LogP contribution in [0.25, 0.3) is 5.57 Å². The van der Waals surface area contributed by atoms with Gasteiger partial charge in [0.15, 0.2) is 10.8 Å². The van der Waals surface area contributed by atoms with E-state index in [0.717, 1.165) is 29.7 Å². The van der Waals surface area contributed by atoms with E-state index < -0.39 is 11.9 Å². The van der Waals surface area contributed by atoms with E-state index in [4.69, 9.17) is 4.74 Å². The number of anilines is 2. The fraction of sp³-hybridized carbons (Fsp3) is 0.333. The average molecular weight is 460 g/mol. The number of nitrogens with zero attached hydrogens (tertiary/aromatic N) is 2. The van der Waals surface area contributed by atoms with Crippen molar-refractivity contribution in [2.45, 2.75) is 51.6 Å². The molecule has 2 aromatic heterocycles. The first-order chi connectivity index (χ1) is 15.1. The monoisotopic (exact) mass is 459 g/mol. The number of benzene rings is 1. The lowest BCUT2D eigenvalue weighted by Crippen LogP contribution is -2.12. The number of hydrogen-bond donors (Lipinski definition) is 1. The molecule has 8 heteroatoms. The number of aromatic nitrogens is 2. The molecule has 0 aliphatic heterocycles. The van der Waals surface area contributed by atoms with Gasteiger partial charge in [0.05, 0.1) is 4.88 Å². The number of halogens is 3. The largest absolute Gasteiger partial charge is 0.437 e. The van der Waals surface area contributed by atoms with Crippen molar-refractivity contribution < 1.29 is 17.9 Å². The molecular weight excluding hydrogens is 435 g/mol. The first-order valence-corrected chi connectivity index (χ1v) is 11.2. The number of pyridine rings is 1. The van der Waals surface area contributed by atoms with Gasteiger partial charge in [0, 0.05) is 11.8 Å². The Kier molecular flexibility index (Phi) is 5.99. The standard InChI is InChI=1S/C24H24F3N3OS/c1-23(2,3)16-11-6-7-13-18(16)31-21-17(12-8-14-28-21)29-22-30-20(24(25,26)27)19(32-22)15-9-4-5-10-15/h6-9,11-14H,4-5,10H2,1-3H3,(H,29,30). The van der Waals surface area contributed by atoms with Gasteiger partial charge in [0.2, 0.25) is 5.88 Å². The number of nitrogens with one attached hydrogen (secondary N) is 1. The highest BCUT2D eigenvalue weighted by atomic mass is 32.1. The van der Waals surface area contributed by atoms with E-state index in [2.05, 4.69) is 36.1 Å². The molecule has 0 fully saturated rings. The van der Waals surface area contributed by atoms with Crippen molar-refractivity contribution >= 4 is 27.7 Å². The van der Waals surface area contributed by atoms with Crippen LogP contribution in [0.15, 0.2) is 48.7 Å². The van der Waals surface area contributed by atoms with Crippen molar-refractivity contribution in [1.29, 1.82) is 0 Å². The molecule has 0 saturated carbocycles. The zero-order valence-corrected chi connectivity index (χ0v) is 18.9. The normalized spacial score (nSPS) is 14.4. The zero-order chi connectivity index (χ0) is 22.9. The molecule has 4 rings (SSSR count). The van der Waals surface area contributed by atoms with Gasteiger partial charge in [-0.25, -0.2) is 9.97 Å². The molecule has 32 heavy (non-hydrogen) atoms. The molecule has 0 spiro atoms. The predicted octanol–water partition coefficient (Wildman–Crippen LogP) is 7.96. The Morgan fingerprint density at radius 3 is 2.53 bits per heavy atom. The summed E-state index contributed by atoms with van der Waals surface area (Å²) >= 11 is 1.01. The van der Waals surface area contributed by atoms with E-state index in [1.807, 2.05) is 30.3 Å². The first-order valence-electron chi connectivity index (χ1n) is 10.4. The molecule has 1 aliphatic carbocycles. The van der Waals surface area contributed by atoms with Crippen molar-refractivity contribution in [2.24, 2.45) is 0 Å². The third-order valence-corrected chi connectivity index (χ3v) is 6.19. The van der Waals surface area contributed by atoms with Crippen LogP contribution in [-0.4, -0.2) is 9.97 Å². The lowest BCUT2D eigenvalue weighted by molar-refractivity contribution is -0.140. The second-order valence-corrected chi connectivity index (χ2v) is 9.64. The molecule has 0 bridgehead atoms. The second kappa shape index (κ2) is 8.58. The van der Waals surface area contributed by atoms with E-state index in [1.54, 1.807) is 18.3 Å². The van der Waals surface area contributed by atoms with Gasteiger partial charge in [0.25, 0.3) is 0 Å². The summed E-state index contributed by atoms with van der Waals surface area (Å²) in [5.74, 6) is 0.920. The van der Waals surface area contributed by atoms with Crippen LogP contribution in [0.5, 0.6) is 11.6 Å². The van der Waals surface area contributed by atoms with Crippen LogP contribution in [0, 0.1) is 0 Å². The summed E-state index contributed by atoms with van der Waals surface area (Å²) in [6.45, 7) is 6.25. The van der Waals surface area contributed by atoms with Crippen LogP contribution in [0.2, 0.25) is 0 Å². The first kappa shape index (κ1) is 22.3. The third-order valence-electron chi connectivity index (χ3n) is 5.14. The van der Waals surface area contributed by atoms with Gasteiger partial charge < -0.3 is 10.1 Å². The minimum atomic E-state index is -4.52. The summed E-state index contributed by atoms with van der Waals surface area (Å²) in [5.41, 5.74) is 1.17. The van der Waals surface area contributed by atoms with Gasteiger partial charge in [-0.3, -0.25) is 0 Å². The van der Waals surface area contributed by atoms with E-state index in [1.165, 1.54) is 0 Å². The van der Waals surface area contributed by atoms with Crippen molar-refractivity contribution in [2.75, 3.05) is 5.32 Å². The van der Waals surface area contributed by atoms with Crippen molar-refractivity contribution in [3.05, 3.63) is 64.8 Å². The number of para-hydroxylation sites is 1. The van der Waals surface area contributed by atoms with Crippen LogP contribution < -0.4 is 10.1 Å². The predicted molar refractivity (Wildman–Crippen MR) is 122 cm³/mol. The number of thiazole rings is 1. The number of alkyl halides is 3. The van der Waals surface area contributed by atoms with Crippen LogP contribution in [0.4, 0.5) is 24.0 Å². The van der Waals surface area contributed by atoms with Crippen LogP contribution in [0.3, 0.4) is 0 Å². The van der Waals surface area contributed by atoms with Crippen LogP contribution >= 0.6 is 11.3 Å². The molecule has 1 aromatic carbocycles. The highest BCUT2D eigenvalue weighted by Crippen LogP contribution is 2.44. The fourth-order valence-corrected chi connectivity index (χ4v) is 4.69. The van der Waals surface area contributed by atoms with Crippen molar-refractivity contribution in [1.82, 2.24) is 9.97 Å². The highest BCUT2D eigenvalue weighted by molar-refractivity contribution is 7.16. The summed E-state index contributed by atoms with van der Waals surface area (Å²) < 4.78 is 47.0. The molecule has 4 nitrogen and oxygen atoms in total. The highest BCUT2D eigenvalue weighted by Gasteiger charge is 2.38. The number of rotatable bonds is 5. The average Bonchev–Trinajstić information content (AvgIpc) is 3.38. The van der Waals surface area contributed by atoms with E-state index in [-0.39, 0.29) is 21.3 Å². The summed E-state index contributed by atoms with van der Waals surface area (Å²) in [4.78, 5) is 8.37. The maximum Gasteiger partial charge on any atom is 0.434 e. The maximum absolute atomic E-state index is 13.6. The Labute approximate surface area is 189 Å². The lowest BCUT2D eigenvalue weighted by Gasteiger charge is -2.22. The molecule has 168 valence electrons. The molecule has 0 radical (unpaired) electrons. The van der Waals surface area contributed by atoms with Gasteiger partial charge in [0.1, 0.15) is 11.4 Å². The van der Waals surface area contributed by atoms with Crippen molar-refractivity contribution in [3.8, 4) is 11.6 Å². The van der Waals surface area contributed by atoms with E-state index in [9.17, 15) is 13.2 Å². The smallest absolute Gasteiger partial charge is 0.434 e. The van der Waals surface area contributed by atoms with Gasteiger partial charge >= 0.3 is 6.18 Å². The Bertz CT molecular complexity index is 1150. The molecule has 1 N–H and O–H groups in total. The van der Waals surface area contributed by atoms with Gasteiger partial charge in [-0.1, -0.05) is 56.4 Å². The quantitative estimate of drug-likeness (QED) is 0.420. The Hall–Kier alpha value is -2.87. The molecule has 0 atom stereocenters. The minimum absolute atomic E-state index is 0.153. The van der Waals surface area contributed by atoms with E-state index in [0.29, 0.717) is 23.4 Å². The summed E-state index contributed by atoms with van der Waals surface area (Å²) in [5, 5.41) is 3.15. The lowest BCUT2D eigenvalue weighted by atomic mass is 9.86. The fourth-order valence-electron chi connectivity index (χ4n) is 3.62. The number of hydrogen-bond acceptors (Lipinski definition) is 5. The molecule has 3 aromatic rings. The number of allylic oxidation sites excluding steroid dienone is 2. The summed E-state index contributed by atoms with van der Waals surface area (Å²) in [7, 11) is 0. The Morgan fingerprint density at radius 1 is 1.06 bits per heavy atom. The summed E-state index contributed by atoms with van der Waals surface area (Å²) in [6.07, 6.45) is 1.22. The SMILES string of the molecule is CC(C)(C)c1ccccc1Oc1ncccc1Nc1nc(C(F)(F)F)c(C2=CCCC2)s1. The number of ether oxygens (including phenoxy) is 1. The Morgan fingerprint density at radius 2 is 1.84 bits per heavy atom. The third kappa shape index (κ3) is 4.80. The second-order valence-electron chi connectivity index (χ2n) is 8.65. The summed E-state index contributed by atoms with van der Waals surface area (Å²) in [6, 6.07) is 11.1. The molecule has 0 saturated heterocycles. The van der Waals surface area contributed by atoms with Crippen molar-refractivity contribution in [3.63, 3.8) is 0 Å². The van der Waals surface area contributed by atoms with E-state index >= 15 is 0 Å². The molecular formula is C24H24F3N3OS. The molecule has 1 aliphatic rings. The van der Waals surface area contributed by atoms with Gasteiger partial charge in [-0.15, -0.1) is 0 Å². The topological polar surface area (TPSA) is 47.0 Å². The molecule has 0 amide bonds. The molecule has 0 unspecified atom stereocenters. The minimum Gasteiger partial charge on any atom is -0.437 e. The van der Waals surface area contributed by atoms with Crippen LogP contribution in [-0.2, 0) is 11.6 Å². The van der Waals surface area contributed by atoms with Crippen LogP contribution in [0.1, 0.15) is 56.2 Å².